The second kappa shape index (κ2) is 11.1. The van der Waals surface area contributed by atoms with E-state index in [4.69, 9.17) is 0 Å². The number of allylic oxidation sites excluding steroid dienone is 2. The largest absolute Gasteiger partial charge is 0.359 e. The molecular weight excluding hydrogens is 484 g/mol. The van der Waals surface area contributed by atoms with Crippen LogP contribution < -0.4 is 10.6 Å². The fourth-order valence-electron chi connectivity index (χ4n) is 5.58. The van der Waals surface area contributed by atoms with E-state index in [1.807, 2.05) is 0 Å². The maximum Gasteiger partial charge on any atom is 0.131 e. The van der Waals surface area contributed by atoms with E-state index in [2.05, 4.69) is 170 Å². The summed E-state index contributed by atoms with van der Waals surface area (Å²) in [5, 5.41) is 7.63. The van der Waals surface area contributed by atoms with Gasteiger partial charge >= 0.3 is 0 Å². The number of anilines is 2. The summed E-state index contributed by atoms with van der Waals surface area (Å²) in [6, 6.07) is 45.2. The highest BCUT2D eigenvalue weighted by Crippen LogP contribution is 2.40. The van der Waals surface area contributed by atoms with E-state index in [0.29, 0.717) is 0 Å². The minimum Gasteiger partial charge on any atom is -0.359 e. The van der Waals surface area contributed by atoms with Crippen LogP contribution in [0.5, 0.6) is 0 Å². The smallest absolute Gasteiger partial charge is 0.131 e. The summed E-state index contributed by atoms with van der Waals surface area (Å²) in [4.78, 5) is 0. The normalized spacial score (nSPS) is 13.9. The molecule has 0 saturated carbocycles. The minimum absolute atomic E-state index is 0.463. The predicted octanol–water partition coefficient (Wildman–Crippen LogP) is 9.90. The van der Waals surface area contributed by atoms with Gasteiger partial charge in [-0.1, -0.05) is 115 Å². The molecule has 0 heterocycles. The van der Waals surface area contributed by atoms with E-state index < -0.39 is 5.66 Å². The monoisotopic (exact) mass is 518 g/mol. The maximum absolute atomic E-state index is 3.82. The van der Waals surface area contributed by atoms with E-state index in [-0.39, 0.29) is 0 Å². The van der Waals surface area contributed by atoms with E-state index in [9.17, 15) is 0 Å². The Morgan fingerprint density at radius 2 is 1.10 bits per heavy atom. The summed E-state index contributed by atoms with van der Waals surface area (Å²) < 4.78 is 0. The zero-order chi connectivity index (χ0) is 27.4. The van der Waals surface area contributed by atoms with Gasteiger partial charge in [0.2, 0.25) is 0 Å². The van der Waals surface area contributed by atoms with Crippen molar-refractivity contribution >= 4 is 16.9 Å². The average Bonchev–Trinajstić information content (AvgIpc) is 2.98. The van der Waals surface area contributed by atoms with Gasteiger partial charge in [-0.25, -0.2) is 0 Å². The van der Waals surface area contributed by atoms with Crippen LogP contribution in [0.1, 0.15) is 23.1 Å². The Labute approximate surface area is 237 Å². The highest BCUT2D eigenvalue weighted by Gasteiger charge is 2.29. The lowest BCUT2D eigenvalue weighted by Crippen LogP contribution is -2.44. The lowest BCUT2D eigenvalue weighted by molar-refractivity contribution is 0.660. The molecule has 0 saturated heterocycles. The Kier molecular flexibility index (Phi) is 7.08. The van der Waals surface area contributed by atoms with Gasteiger partial charge in [-0.2, -0.15) is 0 Å². The number of aryl methyl sites for hydroxylation is 2. The molecule has 0 spiro atoms. The van der Waals surface area contributed by atoms with Gasteiger partial charge in [0, 0.05) is 17.8 Å². The van der Waals surface area contributed by atoms with E-state index in [0.717, 1.165) is 17.8 Å². The van der Waals surface area contributed by atoms with Gasteiger partial charge in [-0.3, -0.25) is 0 Å². The Balaban J connectivity index is 1.42. The van der Waals surface area contributed by atoms with Crippen LogP contribution in [-0.4, -0.2) is 5.66 Å². The quantitative estimate of drug-likeness (QED) is 0.210. The van der Waals surface area contributed by atoms with Crippen LogP contribution in [0, 0.1) is 13.8 Å². The topological polar surface area (TPSA) is 24.1 Å². The van der Waals surface area contributed by atoms with Gasteiger partial charge in [-0.15, -0.1) is 0 Å². The van der Waals surface area contributed by atoms with Crippen LogP contribution in [0.15, 0.2) is 146 Å². The maximum atomic E-state index is 3.82. The van der Waals surface area contributed by atoms with Crippen molar-refractivity contribution in [3.05, 3.63) is 162 Å². The molecule has 1 aliphatic rings. The third-order valence-electron chi connectivity index (χ3n) is 7.49. The third-order valence-corrected chi connectivity index (χ3v) is 7.49. The van der Waals surface area contributed by atoms with Crippen LogP contribution in [0.25, 0.3) is 27.8 Å². The van der Waals surface area contributed by atoms with E-state index in [1.54, 1.807) is 0 Å². The second-order valence-electron chi connectivity index (χ2n) is 10.6. The summed E-state index contributed by atoms with van der Waals surface area (Å²) in [5.74, 6) is 0. The second-order valence-corrected chi connectivity index (χ2v) is 10.6. The van der Waals surface area contributed by atoms with E-state index in [1.165, 1.54) is 44.5 Å². The van der Waals surface area contributed by atoms with Crippen molar-refractivity contribution in [1.82, 2.24) is 0 Å². The lowest BCUT2D eigenvalue weighted by Gasteiger charge is -2.37. The molecule has 2 nitrogen and oxygen atoms in total. The summed E-state index contributed by atoms with van der Waals surface area (Å²) in [6.07, 6.45) is 7.70. The third kappa shape index (κ3) is 5.48. The Bertz CT molecular complexity index is 1630. The van der Waals surface area contributed by atoms with Crippen molar-refractivity contribution < 1.29 is 0 Å². The molecule has 0 atom stereocenters. The number of hydrogen-bond acceptors (Lipinski definition) is 2. The fourth-order valence-corrected chi connectivity index (χ4v) is 5.58. The van der Waals surface area contributed by atoms with Crippen LogP contribution in [0.4, 0.5) is 11.4 Å². The van der Waals surface area contributed by atoms with Crippen LogP contribution in [0.3, 0.4) is 0 Å². The zero-order valence-corrected chi connectivity index (χ0v) is 23.1. The van der Waals surface area contributed by atoms with Crippen molar-refractivity contribution in [3.8, 4) is 22.3 Å². The standard InChI is InChI=1S/C38H34N2/c1-28-12-9-18-33(26-28)39-38(40-34-19-10-13-29(2)27-34)24-22-31(23-25-38)36-21-11-20-35(30-14-5-3-6-15-30)37(36)32-16-7-4-8-17-32/h3-24,26-27,39-40H,25H2,1-2H3. The van der Waals surface area contributed by atoms with Crippen LogP contribution >= 0.6 is 0 Å². The molecule has 2 heteroatoms. The average molecular weight is 519 g/mol. The first-order chi connectivity index (χ1) is 19.6. The van der Waals surface area contributed by atoms with Crippen molar-refractivity contribution in [3.63, 3.8) is 0 Å². The number of hydrogen-bond donors (Lipinski definition) is 2. The molecule has 5 aromatic carbocycles. The highest BCUT2D eigenvalue weighted by molar-refractivity contribution is 5.94. The lowest BCUT2D eigenvalue weighted by atomic mass is 9.84. The molecule has 5 aromatic rings. The summed E-state index contributed by atoms with van der Waals surface area (Å²) in [5.41, 5.74) is 11.6. The molecule has 0 unspecified atom stereocenters. The van der Waals surface area contributed by atoms with Gasteiger partial charge in [-0.05, 0) is 88.7 Å². The molecule has 0 fully saturated rings. The molecule has 196 valence electrons. The zero-order valence-electron chi connectivity index (χ0n) is 23.1. The van der Waals surface area contributed by atoms with Gasteiger partial charge in [0.15, 0.2) is 0 Å². The highest BCUT2D eigenvalue weighted by atomic mass is 15.2. The number of nitrogens with one attached hydrogen (secondary N) is 2. The molecule has 0 bridgehead atoms. The SMILES string of the molecule is Cc1cccc(NC2(Nc3cccc(C)c3)C=CC(c3cccc(-c4ccccc4)c3-c3ccccc3)=CC2)c1. The van der Waals surface area contributed by atoms with Crippen molar-refractivity contribution in [2.45, 2.75) is 25.9 Å². The van der Waals surface area contributed by atoms with Crippen LogP contribution in [0.2, 0.25) is 0 Å². The first kappa shape index (κ1) is 25.5. The molecule has 0 radical (unpaired) electrons. The Hall–Kier alpha value is -4.82. The first-order valence-corrected chi connectivity index (χ1v) is 13.9. The molecule has 0 aromatic heterocycles. The summed E-state index contributed by atoms with van der Waals surface area (Å²) in [6.45, 7) is 4.26. The number of rotatable bonds is 7. The van der Waals surface area contributed by atoms with Crippen molar-refractivity contribution in [2.75, 3.05) is 10.6 Å². The predicted molar refractivity (Wildman–Crippen MR) is 171 cm³/mol. The van der Waals surface area contributed by atoms with Gasteiger partial charge < -0.3 is 10.6 Å². The molecule has 0 amide bonds. The Morgan fingerprint density at radius 1 is 0.550 bits per heavy atom. The Morgan fingerprint density at radius 3 is 1.65 bits per heavy atom. The summed E-state index contributed by atoms with van der Waals surface area (Å²) in [7, 11) is 0. The summed E-state index contributed by atoms with van der Waals surface area (Å²) >= 11 is 0. The van der Waals surface area contributed by atoms with Crippen molar-refractivity contribution in [1.29, 1.82) is 0 Å². The number of benzene rings is 5. The molecule has 40 heavy (non-hydrogen) atoms. The van der Waals surface area contributed by atoms with Crippen LogP contribution in [-0.2, 0) is 0 Å². The molecular formula is C38H34N2. The van der Waals surface area contributed by atoms with Gasteiger partial charge in [0.05, 0.1) is 0 Å². The fraction of sp³-hybridized carbons (Fsp3) is 0.105. The molecule has 1 aliphatic carbocycles. The molecule has 6 rings (SSSR count). The molecule has 2 N–H and O–H groups in total. The van der Waals surface area contributed by atoms with E-state index >= 15 is 0 Å². The molecule has 0 aliphatic heterocycles. The van der Waals surface area contributed by atoms with Gasteiger partial charge in [0.1, 0.15) is 5.66 Å². The van der Waals surface area contributed by atoms with Gasteiger partial charge in [0.25, 0.3) is 0 Å². The van der Waals surface area contributed by atoms with Crippen molar-refractivity contribution in [2.24, 2.45) is 0 Å². The first-order valence-electron chi connectivity index (χ1n) is 13.9. The minimum atomic E-state index is -0.463.